The van der Waals surface area contributed by atoms with Gasteiger partial charge >= 0.3 is 0 Å². The summed E-state index contributed by atoms with van der Waals surface area (Å²) in [5.74, 6) is 0.0450. The monoisotopic (exact) mass is 276 g/mol. The summed E-state index contributed by atoms with van der Waals surface area (Å²) in [4.78, 5) is 21.0. The number of hydrogen-bond acceptors (Lipinski definition) is 4. The predicted molar refractivity (Wildman–Crippen MR) is 79.6 cm³/mol. The van der Waals surface area contributed by atoms with Gasteiger partial charge in [0.25, 0.3) is 5.91 Å². The highest BCUT2D eigenvalue weighted by atomic mass is 16.2. The van der Waals surface area contributed by atoms with Crippen LogP contribution in [0.3, 0.4) is 0 Å². The van der Waals surface area contributed by atoms with Crippen LogP contribution in [0.15, 0.2) is 18.3 Å². The van der Waals surface area contributed by atoms with Gasteiger partial charge in [-0.1, -0.05) is 13.0 Å². The second-order valence-electron chi connectivity index (χ2n) is 5.29. The molecular formula is C15H24N4O. The molecule has 1 amide bonds. The van der Waals surface area contributed by atoms with Crippen molar-refractivity contribution in [2.45, 2.75) is 26.3 Å². The van der Waals surface area contributed by atoms with E-state index in [0.717, 1.165) is 38.2 Å². The van der Waals surface area contributed by atoms with Crippen molar-refractivity contribution >= 4 is 5.91 Å². The van der Waals surface area contributed by atoms with E-state index in [-0.39, 0.29) is 5.91 Å². The first-order valence-corrected chi connectivity index (χ1v) is 7.32. The van der Waals surface area contributed by atoms with E-state index in [1.54, 1.807) is 6.20 Å². The van der Waals surface area contributed by atoms with Crippen LogP contribution in [0.1, 0.15) is 29.4 Å². The Morgan fingerprint density at radius 2 is 2.10 bits per heavy atom. The van der Waals surface area contributed by atoms with E-state index in [2.05, 4.69) is 16.8 Å². The lowest BCUT2D eigenvalue weighted by atomic mass is 10.1. The minimum atomic E-state index is 0.0450. The van der Waals surface area contributed by atoms with Gasteiger partial charge in [-0.25, -0.2) is 0 Å². The molecule has 0 bridgehead atoms. The second kappa shape index (κ2) is 6.81. The Kier molecular flexibility index (Phi) is 5.09. The summed E-state index contributed by atoms with van der Waals surface area (Å²) >= 11 is 0. The normalized spacial score (nSPS) is 18.1. The Balaban J connectivity index is 1.97. The number of aromatic nitrogens is 1. The van der Waals surface area contributed by atoms with Crippen molar-refractivity contribution in [1.29, 1.82) is 0 Å². The molecule has 110 valence electrons. The fourth-order valence-corrected chi connectivity index (χ4v) is 2.72. The van der Waals surface area contributed by atoms with Crippen molar-refractivity contribution < 1.29 is 4.79 Å². The van der Waals surface area contributed by atoms with Gasteiger partial charge in [0.15, 0.2) is 0 Å². The van der Waals surface area contributed by atoms with Crippen LogP contribution < -0.4 is 5.73 Å². The fraction of sp³-hybridized carbons (Fsp3) is 0.600. The highest BCUT2D eigenvalue weighted by Gasteiger charge is 2.26. The zero-order chi connectivity index (χ0) is 14.5. The van der Waals surface area contributed by atoms with E-state index in [0.29, 0.717) is 18.3 Å². The summed E-state index contributed by atoms with van der Waals surface area (Å²) in [7, 11) is 0. The van der Waals surface area contributed by atoms with Crippen LogP contribution in [-0.2, 0) is 0 Å². The van der Waals surface area contributed by atoms with Crippen molar-refractivity contribution in [2.24, 2.45) is 5.73 Å². The van der Waals surface area contributed by atoms with Crippen molar-refractivity contribution in [2.75, 3.05) is 32.7 Å². The number of nitrogens with two attached hydrogens (primary N) is 1. The van der Waals surface area contributed by atoms with E-state index < -0.39 is 0 Å². The molecule has 2 N–H and O–H groups in total. The molecule has 1 aromatic heterocycles. The maximum absolute atomic E-state index is 12.5. The highest BCUT2D eigenvalue weighted by molar-refractivity contribution is 5.93. The van der Waals surface area contributed by atoms with Crippen LogP contribution in [-0.4, -0.2) is 59.5 Å². The first kappa shape index (κ1) is 14.9. The SMILES string of the molecule is CCC(CN)N1CCN(C(=O)c2ncccc2C)CC1. The largest absolute Gasteiger partial charge is 0.335 e. The third-order valence-electron chi connectivity index (χ3n) is 4.07. The van der Waals surface area contributed by atoms with Gasteiger partial charge in [0, 0.05) is 45.0 Å². The van der Waals surface area contributed by atoms with E-state index in [9.17, 15) is 4.79 Å². The number of amides is 1. The number of piperazine rings is 1. The van der Waals surface area contributed by atoms with Gasteiger partial charge in [0.1, 0.15) is 5.69 Å². The van der Waals surface area contributed by atoms with E-state index in [1.807, 2.05) is 24.0 Å². The molecule has 0 saturated carbocycles. The molecule has 1 aliphatic rings. The number of hydrogen-bond donors (Lipinski definition) is 1. The highest BCUT2D eigenvalue weighted by Crippen LogP contribution is 2.12. The van der Waals surface area contributed by atoms with Gasteiger partial charge < -0.3 is 10.6 Å². The number of rotatable bonds is 4. The lowest BCUT2D eigenvalue weighted by molar-refractivity contribution is 0.0565. The van der Waals surface area contributed by atoms with Gasteiger partial charge in [-0.15, -0.1) is 0 Å². The van der Waals surface area contributed by atoms with Crippen molar-refractivity contribution in [1.82, 2.24) is 14.8 Å². The van der Waals surface area contributed by atoms with Crippen molar-refractivity contribution in [3.63, 3.8) is 0 Å². The molecule has 2 heterocycles. The molecule has 0 radical (unpaired) electrons. The third-order valence-corrected chi connectivity index (χ3v) is 4.07. The Hall–Kier alpha value is -1.46. The molecule has 20 heavy (non-hydrogen) atoms. The summed E-state index contributed by atoms with van der Waals surface area (Å²) in [6.45, 7) is 8.07. The summed E-state index contributed by atoms with van der Waals surface area (Å²) < 4.78 is 0. The fourth-order valence-electron chi connectivity index (χ4n) is 2.72. The third kappa shape index (κ3) is 3.16. The summed E-state index contributed by atoms with van der Waals surface area (Å²) in [5.41, 5.74) is 7.30. The van der Waals surface area contributed by atoms with Crippen LogP contribution in [0.4, 0.5) is 0 Å². The Morgan fingerprint density at radius 3 is 2.65 bits per heavy atom. The molecule has 1 aliphatic heterocycles. The Labute approximate surface area is 120 Å². The molecule has 1 saturated heterocycles. The van der Waals surface area contributed by atoms with Gasteiger partial charge in [-0.3, -0.25) is 14.7 Å². The zero-order valence-electron chi connectivity index (χ0n) is 12.4. The topological polar surface area (TPSA) is 62.5 Å². The van der Waals surface area contributed by atoms with Crippen LogP contribution in [0.5, 0.6) is 0 Å². The molecule has 5 nitrogen and oxygen atoms in total. The van der Waals surface area contributed by atoms with Crippen LogP contribution in [0, 0.1) is 6.92 Å². The second-order valence-corrected chi connectivity index (χ2v) is 5.29. The Morgan fingerprint density at radius 1 is 1.40 bits per heavy atom. The molecule has 0 spiro atoms. The summed E-state index contributed by atoms with van der Waals surface area (Å²) in [5, 5.41) is 0. The van der Waals surface area contributed by atoms with Crippen LogP contribution in [0.25, 0.3) is 0 Å². The standard InChI is InChI=1S/C15H24N4O/c1-3-13(11-16)18-7-9-19(10-8-18)15(20)14-12(2)5-4-6-17-14/h4-6,13H,3,7-11,16H2,1-2H3. The minimum absolute atomic E-state index is 0.0450. The maximum Gasteiger partial charge on any atom is 0.272 e. The van der Waals surface area contributed by atoms with Crippen LogP contribution in [0.2, 0.25) is 0 Å². The molecule has 2 rings (SSSR count). The summed E-state index contributed by atoms with van der Waals surface area (Å²) in [6, 6.07) is 4.22. The maximum atomic E-state index is 12.5. The average Bonchev–Trinajstić information content (AvgIpc) is 2.49. The number of pyridine rings is 1. The van der Waals surface area contributed by atoms with E-state index in [4.69, 9.17) is 5.73 Å². The zero-order valence-corrected chi connectivity index (χ0v) is 12.4. The number of carbonyl (C=O) groups is 1. The van der Waals surface area contributed by atoms with Gasteiger partial charge in [-0.2, -0.15) is 0 Å². The van der Waals surface area contributed by atoms with Gasteiger partial charge in [0.05, 0.1) is 0 Å². The van der Waals surface area contributed by atoms with Gasteiger partial charge in [0.2, 0.25) is 0 Å². The minimum Gasteiger partial charge on any atom is -0.335 e. The first-order chi connectivity index (χ1) is 9.67. The molecule has 1 atom stereocenters. The Bertz CT molecular complexity index is 451. The van der Waals surface area contributed by atoms with E-state index >= 15 is 0 Å². The number of aryl methyl sites for hydroxylation is 1. The van der Waals surface area contributed by atoms with Crippen molar-refractivity contribution in [3.05, 3.63) is 29.6 Å². The lowest BCUT2D eigenvalue weighted by Gasteiger charge is -2.38. The van der Waals surface area contributed by atoms with E-state index in [1.165, 1.54) is 0 Å². The summed E-state index contributed by atoms with van der Waals surface area (Å²) in [6.07, 6.45) is 2.74. The smallest absolute Gasteiger partial charge is 0.272 e. The molecular weight excluding hydrogens is 252 g/mol. The first-order valence-electron chi connectivity index (χ1n) is 7.32. The van der Waals surface area contributed by atoms with Crippen molar-refractivity contribution in [3.8, 4) is 0 Å². The molecule has 0 aromatic carbocycles. The molecule has 5 heteroatoms. The molecule has 0 aliphatic carbocycles. The lowest BCUT2D eigenvalue weighted by Crippen LogP contribution is -2.53. The molecule has 1 unspecified atom stereocenters. The number of carbonyl (C=O) groups excluding carboxylic acids is 1. The van der Waals surface area contributed by atoms with Crippen LogP contribution >= 0.6 is 0 Å². The molecule has 1 fully saturated rings. The predicted octanol–water partition coefficient (Wildman–Crippen LogP) is 0.885. The quantitative estimate of drug-likeness (QED) is 0.887. The molecule has 1 aromatic rings. The average molecular weight is 276 g/mol. The van der Waals surface area contributed by atoms with Gasteiger partial charge in [-0.05, 0) is 25.0 Å². The number of nitrogens with zero attached hydrogens (tertiary/aromatic N) is 3.